The molecule has 1 fully saturated rings. The Labute approximate surface area is 169 Å². The molecule has 1 unspecified atom stereocenters. The Kier molecular flexibility index (Phi) is 5.37. The van der Waals surface area contributed by atoms with Gasteiger partial charge in [0.15, 0.2) is 0 Å². The Morgan fingerprint density at radius 3 is 2.66 bits per heavy atom. The zero-order valence-electron chi connectivity index (χ0n) is 16.4. The van der Waals surface area contributed by atoms with Gasteiger partial charge in [0, 0.05) is 43.2 Å². The van der Waals surface area contributed by atoms with Gasteiger partial charge in [0.2, 0.25) is 5.88 Å². The number of hydrogen-bond acceptors (Lipinski definition) is 6. The first-order valence-corrected chi connectivity index (χ1v) is 9.49. The van der Waals surface area contributed by atoms with E-state index >= 15 is 0 Å². The fraction of sp³-hybridized carbons (Fsp3) is 0.273. The van der Waals surface area contributed by atoms with Crippen LogP contribution in [0.4, 0.5) is 0 Å². The number of amides is 1. The highest BCUT2D eigenvalue weighted by molar-refractivity contribution is 5.94. The number of benzene rings is 1. The first kappa shape index (κ1) is 18.9. The Hall–Kier alpha value is -3.48. The summed E-state index contributed by atoms with van der Waals surface area (Å²) in [6.45, 7) is 3.17. The molecule has 1 aliphatic heterocycles. The minimum absolute atomic E-state index is 0.0111. The summed E-state index contributed by atoms with van der Waals surface area (Å²) in [5.41, 5.74) is 1.43. The van der Waals surface area contributed by atoms with E-state index in [4.69, 9.17) is 9.47 Å². The number of aromatic nitrogens is 3. The molecule has 7 heteroatoms. The van der Waals surface area contributed by atoms with E-state index in [9.17, 15) is 4.79 Å². The molecule has 1 aliphatic rings. The zero-order valence-corrected chi connectivity index (χ0v) is 16.4. The maximum absolute atomic E-state index is 12.7. The van der Waals surface area contributed by atoms with Gasteiger partial charge in [-0.15, -0.1) is 0 Å². The molecular formula is C22H22N4O3. The quantitative estimate of drug-likeness (QED) is 0.662. The van der Waals surface area contributed by atoms with E-state index in [1.54, 1.807) is 37.7 Å². The van der Waals surface area contributed by atoms with Crippen LogP contribution >= 0.6 is 0 Å². The van der Waals surface area contributed by atoms with Gasteiger partial charge in [0.25, 0.3) is 5.91 Å². The van der Waals surface area contributed by atoms with Crippen LogP contribution in [-0.4, -0.2) is 46.0 Å². The molecule has 0 radical (unpaired) electrons. The number of pyridine rings is 1. The van der Waals surface area contributed by atoms with Crippen molar-refractivity contribution < 1.29 is 14.3 Å². The van der Waals surface area contributed by atoms with E-state index in [2.05, 4.69) is 15.0 Å². The van der Waals surface area contributed by atoms with Crippen LogP contribution in [0.3, 0.4) is 0 Å². The molecule has 1 aromatic carbocycles. The lowest BCUT2D eigenvalue weighted by Gasteiger charge is -2.16. The Bertz CT molecular complexity index is 993. The van der Waals surface area contributed by atoms with Crippen LogP contribution in [0.2, 0.25) is 0 Å². The molecule has 7 nitrogen and oxygen atoms in total. The van der Waals surface area contributed by atoms with Gasteiger partial charge in [0.1, 0.15) is 17.3 Å². The van der Waals surface area contributed by atoms with E-state index in [-0.39, 0.29) is 11.8 Å². The summed E-state index contributed by atoms with van der Waals surface area (Å²) < 4.78 is 11.1. The second kappa shape index (κ2) is 8.26. The predicted molar refractivity (Wildman–Crippen MR) is 107 cm³/mol. The van der Waals surface area contributed by atoms with Gasteiger partial charge in [0.05, 0.1) is 12.7 Å². The fourth-order valence-corrected chi connectivity index (χ4v) is 3.39. The minimum atomic E-state index is -0.0111. The third-order valence-electron chi connectivity index (χ3n) is 4.88. The van der Waals surface area contributed by atoms with Gasteiger partial charge in [-0.1, -0.05) is 0 Å². The monoisotopic (exact) mass is 390 g/mol. The van der Waals surface area contributed by atoms with Gasteiger partial charge in [-0.05, 0) is 49.7 Å². The smallest absolute Gasteiger partial charge is 0.255 e. The molecule has 148 valence electrons. The van der Waals surface area contributed by atoms with Crippen LogP contribution in [0, 0.1) is 6.92 Å². The van der Waals surface area contributed by atoms with Crippen LogP contribution in [0.1, 0.15) is 34.2 Å². The molecule has 3 aromatic rings. The van der Waals surface area contributed by atoms with E-state index in [0.29, 0.717) is 36.1 Å². The summed E-state index contributed by atoms with van der Waals surface area (Å²) in [5, 5.41) is 0. The summed E-state index contributed by atoms with van der Waals surface area (Å²) in [7, 11) is 1.62. The molecule has 0 N–H and O–H groups in total. The number of hydrogen-bond donors (Lipinski definition) is 0. The molecule has 3 heterocycles. The molecular weight excluding hydrogens is 368 g/mol. The third-order valence-corrected chi connectivity index (χ3v) is 4.88. The summed E-state index contributed by atoms with van der Waals surface area (Å²) in [6.07, 6.45) is 4.07. The van der Waals surface area contributed by atoms with E-state index < -0.39 is 0 Å². The first-order chi connectivity index (χ1) is 14.1. The normalized spacial score (nSPS) is 15.9. The highest BCUT2D eigenvalue weighted by Crippen LogP contribution is 2.29. The van der Waals surface area contributed by atoms with Crippen LogP contribution < -0.4 is 9.47 Å². The summed E-state index contributed by atoms with van der Waals surface area (Å²) >= 11 is 0. The Morgan fingerprint density at radius 1 is 1.14 bits per heavy atom. The topological polar surface area (TPSA) is 77.4 Å². The number of likely N-dealkylation sites (tertiary alicyclic amines) is 1. The zero-order chi connectivity index (χ0) is 20.2. The Morgan fingerprint density at radius 2 is 1.93 bits per heavy atom. The van der Waals surface area contributed by atoms with Crippen LogP contribution in [0.5, 0.6) is 17.4 Å². The second-order valence-corrected chi connectivity index (χ2v) is 6.96. The molecule has 4 rings (SSSR count). The number of ether oxygens (including phenoxy) is 2. The molecule has 1 atom stereocenters. The van der Waals surface area contributed by atoms with Gasteiger partial charge in [-0.3, -0.25) is 9.78 Å². The van der Waals surface area contributed by atoms with E-state index in [1.807, 2.05) is 36.1 Å². The highest BCUT2D eigenvalue weighted by Gasteiger charge is 2.30. The average Bonchev–Trinajstić information content (AvgIpc) is 3.24. The van der Waals surface area contributed by atoms with Crippen LogP contribution in [0.25, 0.3) is 0 Å². The number of aryl methyl sites for hydroxylation is 1. The minimum Gasteiger partial charge on any atom is -0.497 e. The molecule has 1 amide bonds. The second-order valence-electron chi connectivity index (χ2n) is 6.96. The van der Waals surface area contributed by atoms with Crippen LogP contribution in [0.15, 0.2) is 54.9 Å². The van der Waals surface area contributed by atoms with Gasteiger partial charge in [-0.2, -0.15) is 4.98 Å². The third kappa shape index (κ3) is 4.34. The van der Waals surface area contributed by atoms with Gasteiger partial charge < -0.3 is 14.4 Å². The summed E-state index contributed by atoms with van der Waals surface area (Å²) in [4.78, 5) is 27.7. The standard InChI is InChI=1S/C22H22N4O3/c1-15-12-20(29-19-7-5-18(28-2)6-8-19)25-21(24-15)17-9-11-26(14-17)22(27)16-4-3-10-23-13-16/h3-8,10,12-13,17H,9,11,14H2,1-2H3. The molecule has 0 spiro atoms. The van der Waals surface area contributed by atoms with Crippen molar-refractivity contribution in [2.24, 2.45) is 0 Å². The van der Waals surface area contributed by atoms with Crippen molar-refractivity contribution in [1.29, 1.82) is 0 Å². The van der Waals surface area contributed by atoms with Crippen molar-refractivity contribution in [3.8, 4) is 17.4 Å². The first-order valence-electron chi connectivity index (χ1n) is 9.49. The Balaban J connectivity index is 1.48. The fourth-order valence-electron chi connectivity index (χ4n) is 3.39. The lowest BCUT2D eigenvalue weighted by molar-refractivity contribution is 0.0790. The number of nitrogens with zero attached hydrogens (tertiary/aromatic N) is 4. The van der Waals surface area contributed by atoms with Crippen molar-refractivity contribution in [3.63, 3.8) is 0 Å². The van der Waals surface area contributed by atoms with E-state index in [0.717, 1.165) is 17.9 Å². The van der Waals surface area contributed by atoms with E-state index in [1.165, 1.54) is 0 Å². The average molecular weight is 390 g/mol. The maximum Gasteiger partial charge on any atom is 0.255 e. The predicted octanol–water partition coefficient (Wildman–Crippen LogP) is 3.61. The largest absolute Gasteiger partial charge is 0.497 e. The molecule has 29 heavy (non-hydrogen) atoms. The summed E-state index contributed by atoms with van der Waals surface area (Å²) in [6, 6.07) is 12.7. The molecule has 1 saturated heterocycles. The molecule has 0 aliphatic carbocycles. The van der Waals surface area contributed by atoms with Crippen molar-refractivity contribution in [3.05, 3.63) is 71.9 Å². The van der Waals surface area contributed by atoms with Crippen molar-refractivity contribution in [1.82, 2.24) is 19.9 Å². The van der Waals surface area contributed by atoms with Gasteiger partial charge in [-0.25, -0.2) is 4.98 Å². The number of carbonyl (C=O) groups excluding carboxylic acids is 1. The van der Waals surface area contributed by atoms with Crippen LogP contribution in [-0.2, 0) is 0 Å². The molecule has 0 saturated carbocycles. The number of methoxy groups -OCH3 is 1. The molecule has 2 aromatic heterocycles. The lowest BCUT2D eigenvalue weighted by atomic mass is 10.1. The maximum atomic E-state index is 12.7. The summed E-state index contributed by atoms with van der Waals surface area (Å²) in [5.74, 6) is 2.71. The number of carbonyl (C=O) groups is 1. The highest BCUT2D eigenvalue weighted by atomic mass is 16.5. The van der Waals surface area contributed by atoms with Gasteiger partial charge >= 0.3 is 0 Å². The molecule has 0 bridgehead atoms. The lowest BCUT2D eigenvalue weighted by Crippen LogP contribution is -2.28. The van der Waals surface area contributed by atoms with Crippen molar-refractivity contribution >= 4 is 5.91 Å². The van der Waals surface area contributed by atoms with Crippen molar-refractivity contribution in [2.45, 2.75) is 19.3 Å². The number of rotatable bonds is 5. The van der Waals surface area contributed by atoms with Crippen molar-refractivity contribution in [2.75, 3.05) is 20.2 Å². The SMILES string of the molecule is COc1ccc(Oc2cc(C)nc(C3CCN(C(=O)c4cccnc4)C3)n2)cc1.